The number of esters is 1. The Bertz CT molecular complexity index is 1400. The van der Waals surface area contributed by atoms with Crippen molar-refractivity contribution < 1.29 is 23.8 Å². The maximum absolute atomic E-state index is 13.3. The highest BCUT2D eigenvalue weighted by Gasteiger charge is 2.25. The third-order valence-electron chi connectivity index (χ3n) is 6.04. The van der Waals surface area contributed by atoms with E-state index >= 15 is 0 Å². The van der Waals surface area contributed by atoms with Crippen LogP contribution in [0.2, 0.25) is 0 Å². The molecule has 0 saturated carbocycles. The second-order valence-electron chi connectivity index (χ2n) is 8.59. The second-order valence-corrected chi connectivity index (χ2v) is 8.59. The number of ether oxygens (including phenoxy) is 3. The highest BCUT2D eigenvalue weighted by atomic mass is 16.5. The number of hydrogen-bond donors (Lipinski definition) is 0. The van der Waals surface area contributed by atoms with Gasteiger partial charge in [-0.15, -0.1) is 0 Å². The van der Waals surface area contributed by atoms with Crippen molar-refractivity contribution in [3.05, 3.63) is 89.1 Å². The second kappa shape index (κ2) is 8.71. The fourth-order valence-corrected chi connectivity index (χ4v) is 4.41. The van der Waals surface area contributed by atoms with Crippen LogP contribution in [0.15, 0.2) is 66.7 Å². The van der Waals surface area contributed by atoms with Crippen LogP contribution in [-0.2, 0) is 4.79 Å². The van der Waals surface area contributed by atoms with Crippen LogP contribution in [0, 0.1) is 13.8 Å². The number of benzene rings is 3. The summed E-state index contributed by atoms with van der Waals surface area (Å²) in [7, 11) is 0. The molecule has 1 aliphatic rings. The maximum atomic E-state index is 13.3. The molecular weight excluding hydrogens is 430 g/mol. The zero-order valence-electron chi connectivity index (χ0n) is 19.3. The van der Waals surface area contributed by atoms with Gasteiger partial charge in [0.25, 0.3) is 5.91 Å². The molecule has 3 aromatic carbocycles. The lowest BCUT2D eigenvalue weighted by Crippen LogP contribution is -2.14. The van der Waals surface area contributed by atoms with Gasteiger partial charge in [-0.3, -0.25) is 14.2 Å². The predicted molar refractivity (Wildman–Crippen MR) is 129 cm³/mol. The van der Waals surface area contributed by atoms with Gasteiger partial charge in [0.05, 0.1) is 24.6 Å². The Morgan fingerprint density at radius 3 is 2.59 bits per heavy atom. The Labute approximate surface area is 197 Å². The van der Waals surface area contributed by atoms with Gasteiger partial charge in [-0.1, -0.05) is 23.8 Å². The molecule has 0 spiro atoms. The Morgan fingerprint density at radius 1 is 1.03 bits per heavy atom. The zero-order valence-corrected chi connectivity index (χ0v) is 19.3. The molecular formula is C28H25NO5. The smallest absolute Gasteiger partial charge is 0.308 e. The minimum absolute atomic E-state index is 0.160. The molecule has 0 unspecified atom stereocenters. The monoisotopic (exact) mass is 455 g/mol. The van der Waals surface area contributed by atoms with Crippen LogP contribution < -0.4 is 14.2 Å². The van der Waals surface area contributed by atoms with Gasteiger partial charge in [-0.25, -0.2) is 0 Å². The van der Waals surface area contributed by atoms with Crippen LogP contribution in [0.1, 0.15) is 40.0 Å². The third kappa shape index (κ3) is 4.03. The quantitative estimate of drug-likeness (QED) is 0.297. The maximum Gasteiger partial charge on any atom is 0.308 e. The summed E-state index contributed by atoms with van der Waals surface area (Å²) < 4.78 is 18.7. The van der Waals surface area contributed by atoms with E-state index in [-0.39, 0.29) is 11.8 Å². The largest absolute Gasteiger partial charge is 0.493 e. The summed E-state index contributed by atoms with van der Waals surface area (Å²) in [5.41, 5.74) is 4.36. The first-order valence-electron chi connectivity index (χ1n) is 11.2. The topological polar surface area (TPSA) is 66.8 Å². The van der Waals surface area contributed by atoms with Crippen LogP contribution in [0.5, 0.6) is 17.2 Å². The van der Waals surface area contributed by atoms with E-state index in [9.17, 15) is 9.59 Å². The first-order valence-corrected chi connectivity index (χ1v) is 11.2. The summed E-state index contributed by atoms with van der Waals surface area (Å²) in [6.45, 7) is 6.39. The molecule has 1 aliphatic heterocycles. The molecule has 1 aromatic heterocycles. The van der Waals surface area contributed by atoms with E-state index in [1.54, 1.807) is 28.8 Å². The van der Waals surface area contributed by atoms with E-state index in [0.29, 0.717) is 35.8 Å². The van der Waals surface area contributed by atoms with Crippen LogP contribution in [0.3, 0.4) is 0 Å². The Kier molecular flexibility index (Phi) is 5.57. The van der Waals surface area contributed by atoms with Crippen molar-refractivity contribution in [2.75, 3.05) is 13.2 Å². The van der Waals surface area contributed by atoms with E-state index in [1.165, 1.54) is 18.1 Å². The van der Waals surface area contributed by atoms with Gasteiger partial charge in [0.2, 0.25) is 0 Å². The van der Waals surface area contributed by atoms with Gasteiger partial charge in [-0.2, -0.15) is 0 Å². The number of aryl methyl sites for hydroxylation is 2. The fourth-order valence-electron chi connectivity index (χ4n) is 4.41. The average Bonchev–Trinajstić information content (AvgIpc) is 3.37. The van der Waals surface area contributed by atoms with Crippen molar-refractivity contribution in [2.24, 2.45) is 0 Å². The number of carbonyl (C=O) groups excluding carboxylic acids is 2. The molecule has 0 radical (unpaired) electrons. The normalized spacial score (nSPS) is 14.5. The molecule has 0 aliphatic carbocycles. The molecule has 0 fully saturated rings. The van der Waals surface area contributed by atoms with Crippen molar-refractivity contribution in [1.29, 1.82) is 0 Å². The van der Waals surface area contributed by atoms with Gasteiger partial charge < -0.3 is 14.2 Å². The number of carbonyl (C=O) groups is 2. The molecule has 2 heterocycles. The molecule has 5 rings (SSSR count). The zero-order chi connectivity index (χ0) is 23.8. The van der Waals surface area contributed by atoms with Crippen molar-refractivity contribution in [1.82, 2.24) is 4.57 Å². The molecule has 0 saturated heterocycles. The summed E-state index contributed by atoms with van der Waals surface area (Å²) in [6.07, 6.45) is 0. The van der Waals surface area contributed by atoms with Gasteiger partial charge in [0, 0.05) is 29.1 Å². The molecule has 34 heavy (non-hydrogen) atoms. The van der Waals surface area contributed by atoms with Crippen molar-refractivity contribution >= 4 is 22.8 Å². The molecule has 4 aromatic rings. The number of nitrogens with zero attached hydrogens (tertiary/aromatic N) is 1. The van der Waals surface area contributed by atoms with E-state index in [2.05, 4.69) is 13.0 Å². The lowest BCUT2D eigenvalue weighted by atomic mass is 10.0. The molecule has 0 bridgehead atoms. The van der Waals surface area contributed by atoms with E-state index in [1.807, 2.05) is 43.3 Å². The summed E-state index contributed by atoms with van der Waals surface area (Å²) in [5.74, 6) is 1.68. The molecule has 1 atom stereocenters. The summed E-state index contributed by atoms with van der Waals surface area (Å²) in [5, 5.41) is 0.720. The minimum Gasteiger partial charge on any atom is -0.493 e. The number of aromatic nitrogens is 1. The van der Waals surface area contributed by atoms with Crippen LogP contribution in [0.25, 0.3) is 10.9 Å². The lowest BCUT2D eigenvalue weighted by molar-refractivity contribution is -0.131. The Hall–Kier alpha value is -4.06. The van der Waals surface area contributed by atoms with Crippen molar-refractivity contribution in [3.8, 4) is 17.2 Å². The Morgan fingerprint density at radius 2 is 1.82 bits per heavy atom. The number of hydrogen-bond acceptors (Lipinski definition) is 5. The minimum atomic E-state index is -0.400. The molecule has 6 nitrogen and oxygen atoms in total. The fraction of sp³-hybridized carbons (Fsp3) is 0.214. The third-order valence-corrected chi connectivity index (χ3v) is 6.04. The average molecular weight is 456 g/mol. The summed E-state index contributed by atoms with van der Waals surface area (Å²) in [4.78, 5) is 24.8. The van der Waals surface area contributed by atoms with Crippen LogP contribution in [0.4, 0.5) is 0 Å². The highest BCUT2D eigenvalue weighted by Crippen LogP contribution is 2.35. The molecule has 172 valence electrons. The van der Waals surface area contributed by atoms with E-state index in [4.69, 9.17) is 14.2 Å². The van der Waals surface area contributed by atoms with E-state index in [0.717, 1.165) is 16.8 Å². The summed E-state index contributed by atoms with van der Waals surface area (Å²) in [6, 6.07) is 20.5. The first kappa shape index (κ1) is 21.8. The SMILES string of the molecule is CC(=O)Oc1cccc2c1cc(C)n2C(=O)c1ccc(OC[C@@H]2COc3ccc(C)cc32)cc1. The number of fused-ring (bicyclic) bond motifs is 2. The molecule has 0 N–H and O–H groups in total. The molecule has 0 amide bonds. The Balaban J connectivity index is 1.33. The summed E-state index contributed by atoms with van der Waals surface area (Å²) >= 11 is 0. The standard InChI is InChI=1S/C28H25NO5/c1-17-7-12-26-23(13-17)21(16-33-26)15-32-22-10-8-20(9-11-22)28(31)29-18(2)14-24-25(29)5-4-6-27(24)34-19(3)30/h4-14,21H,15-16H2,1-3H3/t21-/m1/s1. The van der Waals surface area contributed by atoms with Gasteiger partial charge in [0.15, 0.2) is 0 Å². The van der Waals surface area contributed by atoms with Gasteiger partial charge in [0.1, 0.15) is 17.2 Å². The molecule has 6 heteroatoms. The van der Waals surface area contributed by atoms with Crippen molar-refractivity contribution in [3.63, 3.8) is 0 Å². The van der Waals surface area contributed by atoms with Gasteiger partial charge >= 0.3 is 5.97 Å². The van der Waals surface area contributed by atoms with Crippen LogP contribution >= 0.6 is 0 Å². The van der Waals surface area contributed by atoms with Gasteiger partial charge in [-0.05, 0) is 62.4 Å². The predicted octanol–water partition coefficient (Wildman–Crippen LogP) is 5.43. The lowest BCUT2D eigenvalue weighted by Gasteiger charge is -2.12. The van der Waals surface area contributed by atoms with Crippen molar-refractivity contribution in [2.45, 2.75) is 26.7 Å². The van der Waals surface area contributed by atoms with E-state index < -0.39 is 5.97 Å². The van der Waals surface area contributed by atoms with Crippen LogP contribution in [-0.4, -0.2) is 29.7 Å². The number of rotatable bonds is 5. The first-order chi connectivity index (χ1) is 16.4. The highest BCUT2D eigenvalue weighted by molar-refractivity contribution is 6.04.